The minimum absolute atomic E-state index is 1.07. The molecule has 4 nitrogen and oxygen atoms in total. The van der Waals surface area contributed by atoms with E-state index in [1.807, 2.05) is 24.1 Å². The van der Waals surface area contributed by atoms with Gasteiger partial charge in [0.05, 0.1) is 11.7 Å². The zero-order chi connectivity index (χ0) is 13.5. The minimum Gasteiger partial charge on any atom is -0.361 e. The fourth-order valence-corrected chi connectivity index (χ4v) is 2.52. The van der Waals surface area contributed by atoms with Crippen LogP contribution in [0.15, 0.2) is 54.9 Å². The van der Waals surface area contributed by atoms with Crippen LogP contribution in [0.1, 0.15) is 0 Å². The Kier molecular flexibility index (Phi) is 2.29. The van der Waals surface area contributed by atoms with Gasteiger partial charge in [0.25, 0.3) is 0 Å². The van der Waals surface area contributed by atoms with Crippen LogP contribution in [0.2, 0.25) is 0 Å². The van der Waals surface area contributed by atoms with Gasteiger partial charge in [-0.1, -0.05) is 0 Å². The average molecular weight is 262 g/mol. The summed E-state index contributed by atoms with van der Waals surface area (Å²) in [5, 5.41) is 10.1. The van der Waals surface area contributed by atoms with E-state index in [1.54, 1.807) is 0 Å². The van der Waals surface area contributed by atoms with Gasteiger partial charge in [-0.05, 0) is 42.5 Å². The van der Waals surface area contributed by atoms with Crippen molar-refractivity contribution >= 4 is 33.2 Å². The molecule has 0 atom stereocenters. The average Bonchev–Trinajstić information content (AvgIpc) is 3.06. The summed E-state index contributed by atoms with van der Waals surface area (Å²) < 4.78 is 1.88. The van der Waals surface area contributed by atoms with E-state index in [0.29, 0.717) is 0 Å². The van der Waals surface area contributed by atoms with E-state index in [2.05, 4.69) is 57.9 Å². The van der Waals surface area contributed by atoms with Crippen LogP contribution in [0.3, 0.4) is 0 Å². The molecule has 4 rings (SSSR count). The SMILES string of the molecule is Cn1ncc2ccc(Nc3ccc4[nH]ccc4c3)cc21. The number of hydrogen-bond acceptors (Lipinski definition) is 2. The first-order valence-electron chi connectivity index (χ1n) is 6.55. The number of hydrogen-bond donors (Lipinski definition) is 2. The maximum atomic E-state index is 4.26. The van der Waals surface area contributed by atoms with Gasteiger partial charge in [-0.3, -0.25) is 4.68 Å². The molecule has 0 spiro atoms. The quantitative estimate of drug-likeness (QED) is 0.577. The lowest BCUT2D eigenvalue weighted by Gasteiger charge is -2.07. The zero-order valence-corrected chi connectivity index (χ0v) is 11.1. The van der Waals surface area contributed by atoms with Crippen LogP contribution in [-0.4, -0.2) is 14.8 Å². The molecule has 0 saturated heterocycles. The van der Waals surface area contributed by atoms with Gasteiger partial charge in [0.1, 0.15) is 0 Å². The molecule has 98 valence electrons. The first kappa shape index (κ1) is 11.1. The molecule has 0 fully saturated rings. The van der Waals surface area contributed by atoms with Crippen molar-refractivity contribution < 1.29 is 0 Å². The smallest absolute Gasteiger partial charge is 0.0699 e. The Morgan fingerprint density at radius 1 is 1.00 bits per heavy atom. The van der Waals surface area contributed by atoms with Crippen molar-refractivity contribution in [1.82, 2.24) is 14.8 Å². The first-order valence-corrected chi connectivity index (χ1v) is 6.55. The second-order valence-electron chi connectivity index (χ2n) is 4.95. The topological polar surface area (TPSA) is 45.6 Å². The number of nitrogens with zero attached hydrogens (tertiary/aromatic N) is 2. The van der Waals surface area contributed by atoms with Gasteiger partial charge in [-0.15, -0.1) is 0 Å². The van der Waals surface area contributed by atoms with Crippen LogP contribution in [0.25, 0.3) is 21.8 Å². The van der Waals surface area contributed by atoms with Crippen LogP contribution in [0.4, 0.5) is 11.4 Å². The maximum Gasteiger partial charge on any atom is 0.0699 e. The van der Waals surface area contributed by atoms with Crippen LogP contribution >= 0.6 is 0 Å². The summed E-state index contributed by atoms with van der Waals surface area (Å²) in [5.41, 5.74) is 4.42. The Bertz CT molecular complexity index is 901. The van der Waals surface area contributed by atoms with Gasteiger partial charge in [0.2, 0.25) is 0 Å². The van der Waals surface area contributed by atoms with E-state index >= 15 is 0 Å². The lowest BCUT2D eigenvalue weighted by Crippen LogP contribution is -1.92. The van der Waals surface area contributed by atoms with Crippen LogP contribution < -0.4 is 5.32 Å². The number of benzene rings is 2. The molecule has 0 radical (unpaired) electrons. The highest BCUT2D eigenvalue weighted by atomic mass is 15.2. The molecule has 0 saturated carbocycles. The third-order valence-electron chi connectivity index (χ3n) is 3.59. The molecule has 2 aromatic heterocycles. The predicted molar refractivity (Wildman–Crippen MR) is 82.3 cm³/mol. The van der Waals surface area contributed by atoms with E-state index in [4.69, 9.17) is 0 Å². The molecule has 0 aliphatic rings. The predicted octanol–water partition coefficient (Wildman–Crippen LogP) is 3.80. The fourth-order valence-electron chi connectivity index (χ4n) is 2.52. The second kappa shape index (κ2) is 4.13. The fraction of sp³-hybridized carbons (Fsp3) is 0.0625. The molecule has 0 aliphatic heterocycles. The van der Waals surface area contributed by atoms with Gasteiger partial charge < -0.3 is 10.3 Å². The molecule has 4 heteroatoms. The zero-order valence-electron chi connectivity index (χ0n) is 11.1. The molecule has 20 heavy (non-hydrogen) atoms. The lowest BCUT2D eigenvalue weighted by atomic mass is 10.2. The molecule has 0 aliphatic carbocycles. The largest absolute Gasteiger partial charge is 0.361 e. The molecule has 2 heterocycles. The monoisotopic (exact) mass is 262 g/mol. The lowest BCUT2D eigenvalue weighted by molar-refractivity contribution is 0.797. The first-order chi connectivity index (χ1) is 9.79. The highest BCUT2D eigenvalue weighted by Crippen LogP contribution is 2.24. The number of nitrogens with one attached hydrogen (secondary N) is 2. The van der Waals surface area contributed by atoms with Crippen LogP contribution in [0.5, 0.6) is 0 Å². The molecular weight excluding hydrogens is 248 g/mol. The highest BCUT2D eigenvalue weighted by molar-refractivity contribution is 5.86. The standard InChI is InChI=1S/C16H14N4/c1-20-16-9-14(3-2-12(16)10-18-20)19-13-4-5-15-11(8-13)6-7-17-15/h2-10,17,19H,1H3. The van der Waals surface area contributed by atoms with Crippen LogP contribution in [-0.2, 0) is 7.05 Å². The van der Waals surface area contributed by atoms with Gasteiger partial charge >= 0.3 is 0 Å². The molecule has 4 aromatic rings. The van der Waals surface area contributed by atoms with Crippen molar-refractivity contribution in [3.8, 4) is 0 Å². The second-order valence-corrected chi connectivity index (χ2v) is 4.95. The summed E-state index contributed by atoms with van der Waals surface area (Å²) in [4.78, 5) is 3.20. The van der Waals surface area contributed by atoms with E-state index in [0.717, 1.165) is 27.8 Å². The number of aryl methyl sites for hydroxylation is 1. The molecule has 0 unspecified atom stereocenters. The summed E-state index contributed by atoms with van der Waals surface area (Å²) in [6.45, 7) is 0. The normalized spacial score (nSPS) is 11.2. The Morgan fingerprint density at radius 3 is 2.80 bits per heavy atom. The Morgan fingerprint density at radius 2 is 1.85 bits per heavy atom. The van der Waals surface area contributed by atoms with Gasteiger partial charge in [-0.2, -0.15) is 5.10 Å². The van der Waals surface area contributed by atoms with Crippen molar-refractivity contribution in [2.75, 3.05) is 5.32 Å². The van der Waals surface area contributed by atoms with E-state index in [1.165, 1.54) is 5.39 Å². The summed E-state index contributed by atoms with van der Waals surface area (Å²) in [6, 6.07) is 14.6. The molecule has 0 amide bonds. The van der Waals surface area contributed by atoms with E-state index in [-0.39, 0.29) is 0 Å². The maximum absolute atomic E-state index is 4.26. The third-order valence-corrected chi connectivity index (χ3v) is 3.59. The summed E-state index contributed by atoms with van der Waals surface area (Å²) in [6.07, 6.45) is 3.83. The highest BCUT2D eigenvalue weighted by Gasteiger charge is 2.02. The molecule has 2 N–H and O–H groups in total. The molecule has 0 bridgehead atoms. The number of anilines is 2. The number of aromatic nitrogens is 3. The number of fused-ring (bicyclic) bond motifs is 2. The minimum atomic E-state index is 1.07. The Hall–Kier alpha value is -2.75. The third kappa shape index (κ3) is 1.73. The Labute approximate surface area is 116 Å². The molecule has 2 aromatic carbocycles. The Balaban J connectivity index is 1.73. The number of aromatic amines is 1. The van der Waals surface area contributed by atoms with E-state index in [9.17, 15) is 0 Å². The number of H-pyrrole nitrogens is 1. The van der Waals surface area contributed by atoms with Gasteiger partial charge in [0, 0.05) is 40.9 Å². The number of rotatable bonds is 2. The van der Waals surface area contributed by atoms with Crippen molar-refractivity contribution in [2.45, 2.75) is 0 Å². The van der Waals surface area contributed by atoms with Gasteiger partial charge in [-0.25, -0.2) is 0 Å². The summed E-state index contributed by atoms with van der Waals surface area (Å²) in [7, 11) is 1.96. The van der Waals surface area contributed by atoms with Crippen molar-refractivity contribution in [1.29, 1.82) is 0 Å². The van der Waals surface area contributed by atoms with Crippen LogP contribution in [0, 0.1) is 0 Å². The summed E-state index contributed by atoms with van der Waals surface area (Å²) >= 11 is 0. The van der Waals surface area contributed by atoms with Gasteiger partial charge in [0.15, 0.2) is 0 Å². The van der Waals surface area contributed by atoms with Crippen molar-refractivity contribution in [3.05, 3.63) is 54.9 Å². The summed E-state index contributed by atoms with van der Waals surface area (Å²) in [5.74, 6) is 0. The van der Waals surface area contributed by atoms with E-state index < -0.39 is 0 Å². The van der Waals surface area contributed by atoms with Crippen molar-refractivity contribution in [2.24, 2.45) is 7.05 Å². The van der Waals surface area contributed by atoms with Crippen molar-refractivity contribution in [3.63, 3.8) is 0 Å². The molecular formula is C16H14N4.